The van der Waals surface area contributed by atoms with Crippen molar-refractivity contribution < 1.29 is 24.2 Å². The number of hydrogen-bond donors (Lipinski definition) is 1. The highest BCUT2D eigenvalue weighted by molar-refractivity contribution is 5.97. The second-order valence-corrected chi connectivity index (χ2v) is 7.06. The smallest absolute Gasteiger partial charge is 0.335 e. The van der Waals surface area contributed by atoms with E-state index in [0.717, 1.165) is 18.4 Å². The molecule has 1 aliphatic heterocycles. The Hall–Kier alpha value is -2.86. The maximum absolute atomic E-state index is 13.2. The van der Waals surface area contributed by atoms with Gasteiger partial charge in [0, 0.05) is 25.6 Å². The largest absolute Gasteiger partial charge is 0.490 e. The van der Waals surface area contributed by atoms with Gasteiger partial charge >= 0.3 is 5.97 Å². The maximum atomic E-state index is 13.2. The van der Waals surface area contributed by atoms with E-state index in [0.29, 0.717) is 44.2 Å². The van der Waals surface area contributed by atoms with Crippen LogP contribution in [0.4, 0.5) is 0 Å². The van der Waals surface area contributed by atoms with E-state index < -0.39 is 5.97 Å². The molecular formula is C23H27NO5. The van der Waals surface area contributed by atoms with Crippen molar-refractivity contribution in [2.75, 3.05) is 32.9 Å². The first-order chi connectivity index (χ1) is 14.1. The van der Waals surface area contributed by atoms with E-state index in [1.54, 1.807) is 30.3 Å². The van der Waals surface area contributed by atoms with Crippen molar-refractivity contribution in [3.63, 3.8) is 0 Å². The molecule has 1 N–H and O–H groups in total. The van der Waals surface area contributed by atoms with Crippen molar-refractivity contribution >= 4 is 11.9 Å². The molecule has 2 aromatic rings. The predicted octanol–water partition coefficient (Wildman–Crippen LogP) is 3.82. The molecule has 1 amide bonds. The number of rotatable bonds is 8. The summed E-state index contributed by atoms with van der Waals surface area (Å²) in [4.78, 5) is 26.3. The number of benzene rings is 2. The summed E-state index contributed by atoms with van der Waals surface area (Å²) in [5.41, 5.74) is 1.78. The molecule has 0 spiro atoms. The average Bonchev–Trinajstić information content (AvgIpc) is 2.76. The van der Waals surface area contributed by atoms with Crippen molar-refractivity contribution in [2.24, 2.45) is 0 Å². The molecule has 0 bridgehead atoms. The quantitative estimate of drug-likeness (QED) is 0.686. The minimum absolute atomic E-state index is 0.0592. The molecule has 0 aromatic heterocycles. The van der Waals surface area contributed by atoms with Crippen LogP contribution >= 0.6 is 0 Å². The fourth-order valence-electron chi connectivity index (χ4n) is 3.65. The van der Waals surface area contributed by atoms with Crippen LogP contribution in [-0.2, 0) is 4.74 Å². The first kappa shape index (κ1) is 20.9. The highest BCUT2D eigenvalue weighted by atomic mass is 16.5. The first-order valence-electron chi connectivity index (χ1n) is 10.0. The number of carboxylic acids is 1. The predicted molar refractivity (Wildman–Crippen MR) is 110 cm³/mol. The van der Waals surface area contributed by atoms with E-state index in [-0.39, 0.29) is 17.4 Å². The lowest BCUT2D eigenvalue weighted by molar-refractivity contribution is 0.0684. The molecule has 0 saturated carbocycles. The number of aromatic carboxylic acids is 1. The van der Waals surface area contributed by atoms with Gasteiger partial charge in [-0.25, -0.2) is 4.79 Å². The van der Waals surface area contributed by atoms with Crippen LogP contribution in [0.25, 0.3) is 0 Å². The average molecular weight is 397 g/mol. The molecular weight excluding hydrogens is 370 g/mol. The number of carbonyl (C=O) groups is 2. The van der Waals surface area contributed by atoms with Crippen LogP contribution in [0.3, 0.4) is 0 Å². The summed E-state index contributed by atoms with van der Waals surface area (Å²) in [6, 6.07) is 14.3. The summed E-state index contributed by atoms with van der Waals surface area (Å²) >= 11 is 0. The fourth-order valence-corrected chi connectivity index (χ4v) is 3.65. The molecule has 154 valence electrons. The lowest BCUT2D eigenvalue weighted by Gasteiger charge is -2.33. The molecule has 0 aliphatic carbocycles. The summed E-state index contributed by atoms with van der Waals surface area (Å²) in [7, 11) is 0. The molecule has 1 heterocycles. The van der Waals surface area contributed by atoms with Crippen LogP contribution in [0.5, 0.6) is 5.75 Å². The maximum Gasteiger partial charge on any atom is 0.335 e. The van der Waals surface area contributed by atoms with Crippen LogP contribution in [0.2, 0.25) is 0 Å². The lowest BCUT2D eigenvalue weighted by Crippen LogP contribution is -2.39. The summed E-state index contributed by atoms with van der Waals surface area (Å²) < 4.78 is 11.1. The second-order valence-electron chi connectivity index (χ2n) is 7.06. The summed E-state index contributed by atoms with van der Waals surface area (Å²) in [6.07, 6.45) is 1.81. The highest BCUT2D eigenvalue weighted by Gasteiger charge is 2.27. The number of likely N-dealkylation sites (tertiary alicyclic amines) is 1. The minimum atomic E-state index is -0.936. The third kappa shape index (κ3) is 5.35. The molecule has 1 aliphatic rings. The Morgan fingerprint density at radius 1 is 1.14 bits per heavy atom. The Balaban J connectivity index is 1.72. The summed E-state index contributed by atoms with van der Waals surface area (Å²) in [6.45, 7) is 4.67. The molecule has 1 saturated heterocycles. The van der Waals surface area contributed by atoms with Gasteiger partial charge in [0.1, 0.15) is 12.4 Å². The number of amides is 1. The van der Waals surface area contributed by atoms with Gasteiger partial charge in [-0.05, 0) is 49.6 Å². The number of hydrogen-bond acceptors (Lipinski definition) is 4. The highest BCUT2D eigenvalue weighted by Crippen LogP contribution is 2.29. The number of para-hydroxylation sites is 1. The minimum Gasteiger partial charge on any atom is -0.490 e. The van der Waals surface area contributed by atoms with Crippen LogP contribution < -0.4 is 4.74 Å². The van der Waals surface area contributed by atoms with E-state index in [1.165, 1.54) is 0 Å². The van der Waals surface area contributed by atoms with Gasteiger partial charge in [0.15, 0.2) is 0 Å². The van der Waals surface area contributed by atoms with Crippen LogP contribution in [-0.4, -0.2) is 54.8 Å². The lowest BCUT2D eigenvalue weighted by atomic mass is 9.89. The SMILES string of the molecule is CCOCCOc1ccccc1C(=O)N1CCC[C@H](c2cccc(C(=O)O)c2)C1. The molecule has 6 heteroatoms. The molecule has 6 nitrogen and oxygen atoms in total. The standard InChI is InChI=1S/C23H27NO5/c1-2-28-13-14-29-21-11-4-3-10-20(21)22(25)24-12-6-9-19(16-24)17-7-5-8-18(15-17)23(26)27/h3-5,7-8,10-11,15,19H,2,6,9,12-14,16H2,1H3,(H,26,27)/t19-/m0/s1. The molecule has 0 unspecified atom stereocenters. The number of nitrogens with zero attached hydrogens (tertiary/aromatic N) is 1. The van der Waals surface area contributed by atoms with Gasteiger partial charge in [-0.15, -0.1) is 0 Å². The molecule has 3 rings (SSSR count). The van der Waals surface area contributed by atoms with Crippen molar-refractivity contribution in [3.8, 4) is 5.75 Å². The Labute approximate surface area is 171 Å². The number of carboxylic acid groups (broad SMARTS) is 1. The van der Waals surface area contributed by atoms with Gasteiger partial charge in [0.25, 0.3) is 5.91 Å². The zero-order valence-electron chi connectivity index (χ0n) is 16.7. The van der Waals surface area contributed by atoms with Crippen LogP contribution in [0.15, 0.2) is 48.5 Å². The summed E-state index contributed by atoms with van der Waals surface area (Å²) in [5, 5.41) is 9.24. The Morgan fingerprint density at radius 3 is 2.76 bits per heavy atom. The van der Waals surface area contributed by atoms with Crippen molar-refractivity contribution in [3.05, 3.63) is 65.2 Å². The van der Waals surface area contributed by atoms with Gasteiger partial charge < -0.3 is 19.5 Å². The number of ether oxygens (including phenoxy) is 2. The van der Waals surface area contributed by atoms with Crippen molar-refractivity contribution in [1.29, 1.82) is 0 Å². The Kier molecular flexibility index (Phi) is 7.25. The number of piperidine rings is 1. The normalized spacial score (nSPS) is 16.4. The van der Waals surface area contributed by atoms with E-state index in [9.17, 15) is 14.7 Å². The van der Waals surface area contributed by atoms with E-state index >= 15 is 0 Å². The zero-order chi connectivity index (χ0) is 20.6. The van der Waals surface area contributed by atoms with Crippen LogP contribution in [0.1, 0.15) is 52.0 Å². The van der Waals surface area contributed by atoms with Gasteiger partial charge in [0.2, 0.25) is 0 Å². The Morgan fingerprint density at radius 2 is 1.97 bits per heavy atom. The fraction of sp³-hybridized carbons (Fsp3) is 0.391. The first-order valence-corrected chi connectivity index (χ1v) is 10.0. The zero-order valence-corrected chi connectivity index (χ0v) is 16.7. The third-order valence-electron chi connectivity index (χ3n) is 5.12. The van der Waals surface area contributed by atoms with Crippen molar-refractivity contribution in [1.82, 2.24) is 4.90 Å². The second kappa shape index (κ2) is 10.1. The van der Waals surface area contributed by atoms with Crippen LogP contribution in [0, 0.1) is 0 Å². The van der Waals surface area contributed by atoms with Gasteiger partial charge in [-0.2, -0.15) is 0 Å². The molecule has 29 heavy (non-hydrogen) atoms. The number of carbonyl (C=O) groups excluding carboxylic acids is 1. The van der Waals surface area contributed by atoms with Gasteiger partial charge in [0.05, 0.1) is 17.7 Å². The van der Waals surface area contributed by atoms with E-state index in [4.69, 9.17) is 9.47 Å². The molecule has 2 aromatic carbocycles. The van der Waals surface area contributed by atoms with E-state index in [2.05, 4.69) is 0 Å². The molecule has 0 radical (unpaired) electrons. The Bertz CT molecular complexity index is 851. The molecule has 1 atom stereocenters. The van der Waals surface area contributed by atoms with E-state index in [1.807, 2.05) is 30.0 Å². The topological polar surface area (TPSA) is 76.1 Å². The monoisotopic (exact) mass is 397 g/mol. The summed E-state index contributed by atoms with van der Waals surface area (Å²) in [5.74, 6) is -0.310. The van der Waals surface area contributed by atoms with Gasteiger partial charge in [-0.3, -0.25) is 4.79 Å². The third-order valence-corrected chi connectivity index (χ3v) is 5.12. The molecule has 1 fully saturated rings. The van der Waals surface area contributed by atoms with Gasteiger partial charge in [-0.1, -0.05) is 24.3 Å². The van der Waals surface area contributed by atoms with Crippen molar-refractivity contribution in [2.45, 2.75) is 25.7 Å².